The average molecular weight is 752 g/mol. The molecule has 1 atom stereocenters. The lowest BCUT2D eigenvalue weighted by atomic mass is 9.76. The van der Waals surface area contributed by atoms with E-state index in [-0.39, 0.29) is 69.0 Å². The molecule has 0 aromatic heterocycles. The summed E-state index contributed by atoms with van der Waals surface area (Å²) in [4.78, 5) is 70.8. The van der Waals surface area contributed by atoms with Crippen molar-refractivity contribution in [3.8, 4) is 0 Å². The van der Waals surface area contributed by atoms with Gasteiger partial charge in [-0.1, -0.05) is 89.9 Å². The predicted octanol–water partition coefficient (Wildman–Crippen LogP) is 8.43. The van der Waals surface area contributed by atoms with Crippen LogP contribution in [0.5, 0.6) is 0 Å². The van der Waals surface area contributed by atoms with Crippen LogP contribution in [-0.2, 0) is 38.2 Å². The Morgan fingerprint density at radius 3 is 1.64 bits per heavy atom. The van der Waals surface area contributed by atoms with E-state index >= 15 is 0 Å². The largest absolute Gasteiger partial charge is 0.481 e. The molecule has 1 aliphatic rings. The molecule has 0 saturated heterocycles. The van der Waals surface area contributed by atoms with Crippen LogP contribution in [0.4, 0.5) is 0 Å². The number of unbranched alkanes of at least 4 members (excludes halogenated alkanes) is 15. The Balaban J connectivity index is 2.01. The van der Waals surface area contributed by atoms with Crippen molar-refractivity contribution in [1.29, 1.82) is 0 Å². The summed E-state index contributed by atoms with van der Waals surface area (Å²) in [7, 11) is 0. The fourth-order valence-electron chi connectivity index (χ4n) is 7.15. The number of ketones is 3. The Labute approximate surface area is 319 Å². The van der Waals surface area contributed by atoms with Gasteiger partial charge in [-0.3, -0.25) is 28.8 Å². The van der Waals surface area contributed by atoms with E-state index < -0.39 is 17.9 Å². The van der Waals surface area contributed by atoms with Gasteiger partial charge in [0.15, 0.2) is 5.78 Å². The third kappa shape index (κ3) is 29.4. The second-order valence-corrected chi connectivity index (χ2v) is 15.3. The van der Waals surface area contributed by atoms with Gasteiger partial charge in [0.1, 0.15) is 18.2 Å². The van der Waals surface area contributed by atoms with Crippen molar-refractivity contribution in [2.45, 2.75) is 180 Å². The van der Waals surface area contributed by atoms with E-state index in [9.17, 15) is 33.9 Å². The Morgan fingerprint density at radius 2 is 1.13 bits per heavy atom. The number of Topliss-reactive ketones (excluding diaryl/α,β-unsaturated/α-hetero) is 3. The summed E-state index contributed by atoms with van der Waals surface area (Å²) >= 11 is 0. The van der Waals surface area contributed by atoms with Gasteiger partial charge in [-0.25, -0.2) is 0 Å². The molecule has 53 heavy (non-hydrogen) atoms. The highest BCUT2D eigenvalue weighted by Gasteiger charge is 2.30. The number of nitrogens with one attached hydrogen (secondary N) is 1. The molecule has 306 valence electrons. The molecule has 1 fully saturated rings. The third-order valence-electron chi connectivity index (χ3n) is 10.5. The number of rotatable bonds is 37. The molecule has 0 bridgehead atoms. The minimum absolute atomic E-state index is 0.0245. The van der Waals surface area contributed by atoms with Crippen molar-refractivity contribution in [2.24, 2.45) is 17.8 Å². The Hall–Kier alpha value is -2.66. The van der Waals surface area contributed by atoms with Gasteiger partial charge in [-0.2, -0.15) is 0 Å². The Bertz CT molecular complexity index is 1020. The normalized spacial score (nSPS) is 16.2. The second kappa shape index (κ2) is 32.7. The van der Waals surface area contributed by atoms with Crippen LogP contribution in [0.25, 0.3) is 0 Å². The average Bonchev–Trinajstić information content (AvgIpc) is 3.12. The van der Waals surface area contributed by atoms with Gasteiger partial charge >= 0.3 is 11.9 Å². The van der Waals surface area contributed by atoms with E-state index in [0.717, 1.165) is 64.2 Å². The molecule has 1 rings (SSSR count). The van der Waals surface area contributed by atoms with Crippen LogP contribution in [0.15, 0.2) is 0 Å². The van der Waals surface area contributed by atoms with E-state index in [4.69, 9.17) is 14.6 Å². The van der Waals surface area contributed by atoms with Crippen LogP contribution in [0.3, 0.4) is 0 Å². The molecule has 3 N–H and O–H groups in total. The molecule has 1 saturated carbocycles. The number of hydrogen-bond donors (Lipinski definition) is 3. The maximum Gasteiger partial charge on any atom is 0.306 e. The van der Waals surface area contributed by atoms with E-state index in [1.807, 2.05) is 0 Å². The van der Waals surface area contributed by atoms with Crippen molar-refractivity contribution in [2.75, 3.05) is 33.0 Å². The highest BCUT2D eigenvalue weighted by atomic mass is 16.5. The summed E-state index contributed by atoms with van der Waals surface area (Å²) in [6.45, 7) is 2.64. The number of carbonyl (C=O) groups excluding carboxylic acids is 4. The molecule has 0 unspecified atom stereocenters. The number of carboxylic acid groups (broad SMARTS) is 2. The van der Waals surface area contributed by atoms with E-state index in [1.165, 1.54) is 77.6 Å². The number of amides is 1. The molecule has 1 aliphatic carbocycles. The summed E-state index contributed by atoms with van der Waals surface area (Å²) in [5.41, 5.74) is 0. The second-order valence-electron chi connectivity index (χ2n) is 15.3. The number of carbonyl (C=O) groups is 6. The molecular weight excluding hydrogens is 678 g/mol. The molecule has 0 radical (unpaired) electrons. The molecule has 0 aromatic carbocycles. The molecule has 11 heteroatoms. The summed E-state index contributed by atoms with van der Waals surface area (Å²) in [6, 6.07) is 0. The first-order chi connectivity index (χ1) is 25.6. The molecule has 11 nitrogen and oxygen atoms in total. The molecular formula is C42H73NO10. The predicted molar refractivity (Wildman–Crippen MR) is 206 cm³/mol. The minimum atomic E-state index is -1.05. The monoisotopic (exact) mass is 752 g/mol. The number of hydrogen-bond acceptors (Lipinski definition) is 8. The van der Waals surface area contributed by atoms with Crippen LogP contribution in [0, 0.1) is 17.8 Å². The van der Waals surface area contributed by atoms with Gasteiger partial charge in [0.2, 0.25) is 5.91 Å². The molecule has 1 amide bonds. The maximum atomic E-state index is 13.0. The van der Waals surface area contributed by atoms with Gasteiger partial charge < -0.3 is 25.0 Å². The van der Waals surface area contributed by atoms with E-state index in [0.29, 0.717) is 37.6 Å². The van der Waals surface area contributed by atoms with Gasteiger partial charge in [0, 0.05) is 44.6 Å². The smallest absolute Gasteiger partial charge is 0.306 e. The van der Waals surface area contributed by atoms with Crippen molar-refractivity contribution in [3.63, 3.8) is 0 Å². The van der Waals surface area contributed by atoms with Gasteiger partial charge in [0.25, 0.3) is 0 Å². The first-order valence-electron chi connectivity index (χ1n) is 21.0. The SMILES string of the molecule is CC(=O)COCCOCCNC(=O)CC[C@@H](CC(=O)C1CCC(CCC(=O)CCCCCCCCCCCCCCCCCCC(=O)O)CC1)C(=O)O. The maximum absolute atomic E-state index is 13.0. The van der Waals surface area contributed by atoms with Crippen molar-refractivity contribution in [3.05, 3.63) is 0 Å². The molecule has 0 heterocycles. The van der Waals surface area contributed by atoms with Crippen molar-refractivity contribution < 1.29 is 48.5 Å². The lowest BCUT2D eigenvalue weighted by Crippen LogP contribution is -2.30. The fraction of sp³-hybridized carbons (Fsp3) is 0.857. The summed E-state index contributed by atoms with van der Waals surface area (Å²) in [5, 5.41) is 21.0. The number of ether oxygens (including phenoxy) is 2. The van der Waals surface area contributed by atoms with Crippen molar-refractivity contribution in [1.82, 2.24) is 5.32 Å². The van der Waals surface area contributed by atoms with Gasteiger partial charge in [-0.15, -0.1) is 0 Å². The van der Waals surface area contributed by atoms with Gasteiger partial charge in [-0.05, 0) is 64.2 Å². The summed E-state index contributed by atoms with van der Waals surface area (Å²) < 4.78 is 10.4. The van der Waals surface area contributed by atoms with E-state index in [2.05, 4.69) is 5.32 Å². The molecule has 0 aromatic rings. The third-order valence-corrected chi connectivity index (χ3v) is 10.5. The fourth-order valence-corrected chi connectivity index (χ4v) is 7.15. The highest BCUT2D eigenvalue weighted by Crippen LogP contribution is 2.34. The highest BCUT2D eigenvalue weighted by molar-refractivity contribution is 5.86. The van der Waals surface area contributed by atoms with Crippen LogP contribution in [-0.4, -0.2) is 78.4 Å². The topological polar surface area (TPSA) is 173 Å². The first-order valence-corrected chi connectivity index (χ1v) is 21.0. The molecule has 0 spiro atoms. The zero-order chi connectivity index (χ0) is 38.9. The minimum Gasteiger partial charge on any atom is -0.481 e. The standard InChI is InChI=1S/C42H73NO10/c1-34(44)33-53-31-30-52-29-28-43-40(47)27-25-37(42(50)51)32-39(46)36-23-20-35(21-24-36)22-26-38(45)18-16-14-12-10-8-6-4-2-3-5-7-9-11-13-15-17-19-41(48)49/h35-37H,2-33H2,1H3,(H,43,47)(H,48,49)(H,50,51)/t35?,36?,37-/m0/s1. The zero-order valence-electron chi connectivity index (χ0n) is 33.0. The van der Waals surface area contributed by atoms with E-state index in [1.54, 1.807) is 0 Å². The summed E-state index contributed by atoms with van der Waals surface area (Å²) in [5.74, 6) is -2.34. The lowest BCUT2D eigenvalue weighted by Gasteiger charge is -2.28. The molecule has 0 aliphatic heterocycles. The number of aliphatic carboxylic acids is 2. The first kappa shape index (κ1) is 48.4. The van der Waals surface area contributed by atoms with Crippen LogP contribution in [0.1, 0.15) is 180 Å². The van der Waals surface area contributed by atoms with Crippen molar-refractivity contribution >= 4 is 35.2 Å². The van der Waals surface area contributed by atoms with Crippen LogP contribution >= 0.6 is 0 Å². The summed E-state index contributed by atoms with van der Waals surface area (Å²) in [6.07, 6.45) is 25.0. The quantitative estimate of drug-likeness (QED) is 0.0523. The van der Waals surface area contributed by atoms with Gasteiger partial charge in [0.05, 0.1) is 25.7 Å². The lowest BCUT2D eigenvalue weighted by molar-refractivity contribution is -0.145. The Kier molecular flexibility index (Phi) is 29.9. The Morgan fingerprint density at radius 1 is 0.623 bits per heavy atom. The zero-order valence-corrected chi connectivity index (χ0v) is 33.0. The van der Waals surface area contributed by atoms with Crippen LogP contribution < -0.4 is 5.32 Å². The van der Waals surface area contributed by atoms with Crippen LogP contribution in [0.2, 0.25) is 0 Å². The number of carboxylic acids is 2.